The third-order valence-electron chi connectivity index (χ3n) is 3.40. The summed E-state index contributed by atoms with van der Waals surface area (Å²) in [5.41, 5.74) is 1.11. The molecule has 3 rings (SSSR count). The molecule has 1 fully saturated rings. The van der Waals surface area contributed by atoms with Crippen LogP contribution in [0.5, 0.6) is 0 Å². The van der Waals surface area contributed by atoms with Crippen molar-refractivity contribution < 1.29 is 0 Å². The number of hydrogen-bond donors (Lipinski definition) is 1. The van der Waals surface area contributed by atoms with Crippen molar-refractivity contribution in [2.45, 2.75) is 25.8 Å². The van der Waals surface area contributed by atoms with Crippen molar-refractivity contribution >= 4 is 37.5 Å². The van der Waals surface area contributed by atoms with Crippen molar-refractivity contribution in [2.75, 3.05) is 6.54 Å². The van der Waals surface area contributed by atoms with Gasteiger partial charge in [-0.15, -0.1) is 11.3 Å². The van der Waals surface area contributed by atoms with E-state index < -0.39 is 0 Å². The van der Waals surface area contributed by atoms with E-state index in [1.165, 1.54) is 22.5 Å². The second kappa shape index (κ2) is 4.67. The molecule has 1 aromatic carbocycles. The van der Waals surface area contributed by atoms with Crippen molar-refractivity contribution in [3.63, 3.8) is 0 Å². The van der Waals surface area contributed by atoms with Gasteiger partial charge in [0.1, 0.15) is 5.01 Å². The van der Waals surface area contributed by atoms with Gasteiger partial charge in [0.25, 0.3) is 0 Å². The molecule has 1 aromatic heterocycles. The van der Waals surface area contributed by atoms with Crippen LogP contribution in [-0.4, -0.2) is 11.5 Å². The highest BCUT2D eigenvalue weighted by Crippen LogP contribution is 2.34. The van der Waals surface area contributed by atoms with Crippen LogP contribution in [-0.2, 0) is 0 Å². The first-order valence-electron chi connectivity index (χ1n) is 6.03. The van der Waals surface area contributed by atoms with Gasteiger partial charge in [0.05, 0.1) is 16.3 Å². The van der Waals surface area contributed by atoms with Gasteiger partial charge < -0.3 is 5.32 Å². The molecule has 1 N–H and O–H groups in total. The quantitative estimate of drug-likeness (QED) is 0.857. The molecular weight excluding hydrogens is 296 g/mol. The van der Waals surface area contributed by atoms with Crippen LogP contribution in [0.2, 0.25) is 0 Å². The van der Waals surface area contributed by atoms with Crippen molar-refractivity contribution in [1.82, 2.24) is 10.3 Å². The molecule has 0 amide bonds. The zero-order chi connectivity index (χ0) is 11.8. The first kappa shape index (κ1) is 11.6. The average molecular weight is 311 g/mol. The molecule has 2 aromatic rings. The molecule has 0 saturated carbocycles. The Hall–Kier alpha value is -0.450. The number of fused-ring (bicyclic) bond motifs is 1. The molecule has 1 aliphatic rings. The molecule has 17 heavy (non-hydrogen) atoms. The van der Waals surface area contributed by atoms with Gasteiger partial charge in [-0.1, -0.05) is 22.9 Å². The Kier molecular flexibility index (Phi) is 3.19. The summed E-state index contributed by atoms with van der Waals surface area (Å²) in [5, 5.41) is 4.84. The van der Waals surface area contributed by atoms with Crippen molar-refractivity contribution in [3.8, 4) is 0 Å². The van der Waals surface area contributed by atoms with E-state index in [4.69, 9.17) is 4.98 Å². The minimum Gasteiger partial charge on any atom is -0.308 e. The van der Waals surface area contributed by atoms with Crippen LogP contribution in [0, 0.1) is 5.92 Å². The summed E-state index contributed by atoms with van der Waals surface area (Å²) >= 11 is 5.32. The topological polar surface area (TPSA) is 24.9 Å². The first-order chi connectivity index (χ1) is 8.24. The third-order valence-corrected chi connectivity index (χ3v) is 5.01. The average Bonchev–Trinajstić information content (AvgIpc) is 2.72. The third kappa shape index (κ3) is 2.26. The number of nitrogens with zero attached hydrogens (tertiary/aromatic N) is 1. The van der Waals surface area contributed by atoms with E-state index in [9.17, 15) is 0 Å². The number of aromatic nitrogens is 1. The summed E-state index contributed by atoms with van der Waals surface area (Å²) in [6.07, 6.45) is 2.59. The van der Waals surface area contributed by atoms with Crippen LogP contribution in [0.15, 0.2) is 22.7 Å². The molecule has 2 heterocycles. The van der Waals surface area contributed by atoms with Gasteiger partial charge in [-0.25, -0.2) is 4.98 Å². The Morgan fingerprint density at radius 2 is 2.35 bits per heavy atom. The predicted octanol–water partition coefficient (Wildman–Crippen LogP) is 4.12. The summed E-state index contributed by atoms with van der Waals surface area (Å²) in [5.74, 6) is 0.688. The number of hydrogen-bond acceptors (Lipinski definition) is 3. The molecule has 0 bridgehead atoms. The van der Waals surface area contributed by atoms with Crippen molar-refractivity contribution in [2.24, 2.45) is 5.92 Å². The molecular formula is C13H15BrN2S. The second-order valence-corrected chi connectivity index (χ2v) is 6.69. The Morgan fingerprint density at radius 3 is 3.18 bits per heavy atom. The zero-order valence-corrected chi connectivity index (χ0v) is 12.1. The molecule has 2 atom stereocenters. The summed E-state index contributed by atoms with van der Waals surface area (Å²) < 4.78 is 2.38. The Morgan fingerprint density at radius 1 is 1.47 bits per heavy atom. The molecule has 0 radical (unpaired) electrons. The van der Waals surface area contributed by atoms with Crippen molar-refractivity contribution in [3.05, 3.63) is 27.7 Å². The fourth-order valence-electron chi connectivity index (χ4n) is 2.43. The van der Waals surface area contributed by atoms with E-state index in [1.54, 1.807) is 0 Å². The van der Waals surface area contributed by atoms with Crippen LogP contribution in [0.3, 0.4) is 0 Å². The van der Waals surface area contributed by atoms with Crippen LogP contribution in [0.4, 0.5) is 0 Å². The predicted molar refractivity (Wildman–Crippen MR) is 76.5 cm³/mol. The highest BCUT2D eigenvalue weighted by Gasteiger charge is 2.25. The number of piperidine rings is 1. The van der Waals surface area contributed by atoms with Crippen molar-refractivity contribution in [1.29, 1.82) is 0 Å². The highest BCUT2D eigenvalue weighted by atomic mass is 79.9. The minimum absolute atomic E-state index is 0.444. The van der Waals surface area contributed by atoms with E-state index in [1.807, 2.05) is 11.3 Å². The van der Waals surface area contributed by atoms with Crippen LogP contribution in [0.25, 0.3) is 10.2 Å². The lowest BCUT2D eigenvalue weighted by atomic mass is 9.93. The SMILES string of the molecule is CC1CCCNC1c1nc2cc(Br)ccc2s1. The molecule has 0 spiro atoms. The van der Waals surface area contributed by atoms with E-state index in [0.717, 1.165) is 16.5 Å². The molecule has 2 nitrogen and oxygen atoms in total. The lowest BCUT2D eigenvalue weighted by molar-refractivity contribution is 0.305. The Labute approximate surface area is 114 Å². The molecule has 1 aliphatic heterocycles. The normalized spacial score (nSPS) is 25.3. The number of rotatable bonds is 1. The lowest BCUT2D eigenvalue weighted by Gasteiger charge is -2.28. The molecule has 0 aliphatic carbocycles. The Balaban J connectivity index is 1.99. The Bertz CT molecular complexity index is 537. The van der Waals surface area contributed by atoms with Gasteiger partial charge in [0, 0.05) is 4.47 Å². The van der Waals surface area contributed by atoms with Gasteiger partial charge >= 0.3 is 0 Å². The first-order valence-corrected chi connectivity index (χ1v) is 7.64. The highest BCUT2D eigenvalue weighted by molar-refractivity contribution is 9.10. The number of halogens is 1. The summed E-state index contributed by atoms with van der Waals surface area (Å²) in [7, 11) is 0. The zero-order valence-electron chi connectivity index (χ0n) is 9.74. The maximum Gasteiger partial charge on any atom is 0.111 e. The summed E-state index contributed by atoms with van der Waals surface area (Å²) in [6.45, 7) is 3.44. The monoisotopic (exact) mass is 310 g/mol. The summed E-state index contributed by atoms with van der Waals surface area (Å²) in [6, 6.07) is 6.78. The number of benzene rings is 1. The largest absolute Gasteiger partial charge is 0.308 e. The van der Waals surface area contributed by atoms with Gasteiger partial charge in [-0.3, -0.25) is 0 Å². The maximum atomic E-state index is 4.77. The van der Waals surface area contributed by atoms with Gasteiger partial charge in [-0.2, -0.15) is 0 Å². The fourth-order valence-corrected chi connectivity index (χ4v) is 3.94. The molecule has 4 heteroatoms. The smallest absolute Gasteiger partial charge is 0.111 e. The molecule has 2 unspecified atom stereocenters. The maximum absolute atomic E-state index is 4.77. The van der Waals surface area contributed by atoms with Crippen LogP contribution in [0.1, 0.15) is 30.8 Å². The molecule has 1 saturated heterocycles. The van der Waals surface area contributed by atoms with E-state index in [0.29, 0.717) is 12.0 Å². The molecule has 90 valence electrons. The second-order valence-electron chi connectivity index (χ2n) is 4.72. The van der Waals surface area contributed by atoms with Crippen LogP contribution < -0.4 is 5.32 Å². The van der Waals surface area contributed by atoms with Gasteiger partial charge in [0.2, 0.25) is 0 Å². The summed E-state index contributed by atoms with van der Waals surface area (Å²) in [4.78, 5) is 4.77. The number of nitrogens with one attached hydrogen (secondary N) is 1. The van der Waals surface area contributed by atoms with E-state index >= 15 is 0 Å². The van der Waals surface area contributed by atoms with Gasteiger partial charge in [0.15, 0.2) is 0 Å². The standard InChI is InChI=1S/C13H15BrN2S/c1-8-3-2-6-15-12(8)13-16-10-7-9(14)4-5-11(10)17-13/h4-5,7-8,12,15H,2-3,6H2,1H3. The van der Waals surface area contributed by atoms with E-state index in [-0.39, 0.29) is 0 Å². The van der Waals surface area contributed by atoms with Crippen LogP contribution >= 0.6 is 27.3 Å². The fraction of sp³-hybridized carbons (Fsp3) is 0.462. The lowest BCUT2D eigenvalue weighted by Crippen LogP contribution is -2.32. The van der Waals surface area contributed by atoms with E-state index in [2.05, 4.69) is 46.4 Å². The van der Waals surface area contributed by atoms with Gasteiger partial charge in [-0.05, 0) is 43.5 Å². The minimum atomic E-state index is 0.444. The number of thiazole rings is 1.